The summed E-state index contributed by atoms with van der Waals surface area (Å²) in [6, 6.07) is 20.3. The summed E-state index contributed by atoms with van der Waals surface area (Å²) in [5.41, 5.74) is 2.76. The van der Waals surface area contributed by atoms with Crippen molar-refractivity contribution in [3.05, 3.63) is 78.1 Å². The molecule has 2 saturated heterocycles. The molecular weight excluding hydrogens is 619 g/mol. The Labute approximate surface area is 268 Å². The Morgan fingerprint density at radius 1 is 1.11 bits per heavy atom. The van der Waals surface area contributed by atoms with Gasteiger partial charge in [-0.15, -0.1) is 0 Å². The van der Waals surface area contributed by atoms with Gasteiger partial charge in [0.05, 0.1) is 12.9 Å². The Morgan fingerprint density at radius 2 is 1.77 bits per heavy atom. The van der Waals surface area contributed by atoms with Gasteiger partial charge in [0.25, 0.3) is 0 Å². The molecular formula is C32H36F3N7O5. The third-order valence-electron chi connectivity index (χ3n) is 8.70. The van der Waals surface area contributed by atoms with E-state index >= 15 is 0 Å². The topological polar surface area (TPSA) is 138 Å². The first kappa shape index (κ1) is 32.6. The van der Waals surface area contributed by atoms with Crippen LogP contribution in [0.5, 0.6) is 0 Å². The standard InChI is InChI=1S/C32H36F3N7O5/c1-40(2)21-13-14-41(16-21)31-38-27(36-15-22(19-9-5-3-6-10-19)20-11-7-4-8-12-20)24-28(39-31)42(18-37-24)29-25(44)26(23(17-43)46-29)47-30(45)32(33,34)35/h3-12,18,21-23,25-26,29,43-44H,13-17H2,1-2H3,(H,36,38,39)/t21-,23-,25-,26-,29-/m1/s1. The maximum atomic E-state index is 13.0. The Morgan fingerprint density at radius 3 is 2.34 bits per heavy atom. The van der Waals surface area contributed by atoms with E-state index in [0.29, 0.717) is 36.9 Å². The number of hydrogen-bond donors (Lipinski definition) is 3. The molecule has 6 rings (SSSR count). The fourth-order valence-corrected chi connectivity index (χ4v) is 6.13. The number of alkyl halides is 3. The molecule has 2 fully saturated rings. The average Bonchev–Trinajstić information content (AvgIpc) is 3.80. The van der Waals surface area contributed by atoms with Crippen molar-refractivity contribution in [1.29, 1.82) is 0 Å². The summed E-state index contributed by atoms with van der Waals surface area (Å²) in [6.07, 6.45) is -9.41. The van der Waals surface area contributed by atoms with Crippen LogP contribution in [0.1, 0.15) is 29.7 Å². The summed E-state index contributed by atoms with van der Waals surface area (Å²) in [6.45, 7) is 0.983. The van der Waals surface area contributed by atoms with Gasteiger partial charge in [0.2, 0.25) is 5.95 Å². The van der Waals surface area contributed by atoms with Crippen LogP contribution in [-0.4, -0.2) is 111 Å². The summed E-state index contributed by atoms with van der Waals surface area (Å²) in [7, 11) is 4.01. The minimum atomic E-state index is -5.29. The second kappa shape index (κ2) is 13.4. The third-order valence-corrected chi connectivity index (χ3v) is 8.70. The third kappa shape index (κ3) is 6.74. The number of halogens is 3. The molecule has 0 aliphatic carbocycles. The summed E-state index contributed by atoms with van der Waals surface area (Å²) in [5.74, 6) is -1.73. The number of hydrogen-bond acceptors (Lipinski definition) is 11. The monoisotopic (exact) mass is 655 g/mol. The lowest BCUT2D eigenvalue weighted by molar-refractivity contribution is -0.210. The molecule has 0 saturated carbocycles. The highest BCUT2D eigenvalue weighted by atomic mass is 19.4. The van der Waals surface area contributed by atoms with Gasteiger partial charge >= 0.3 is 12.1 Å². The van der Waals surface area contributed by atoms with Gasteiger partial charge in [-0.25, -0.2) is 9.78 Å². The van der Waals surface area contributed by atoms with Gasteiger partial charge in [0.15, 0.2) is 29.3 Å². The number of aromatic nitrogens is 4. The first-order valence-electron chi connectivity index (χ1n) is 15.3. The fourth-order valence-electron chi connectivity index (χ4n) is 6.13. The maximum absolute atomic E-state index is 13.0. The van der Waals surface area contributed by atoms with Gasteiger partial charge in [0.1, 0.15) is 12.2 Å². The number of likely N-dealkylation sites (N-methyl/N-ethyl adjacent to an activating group) is 1. The second-order valence-electron chi connectivity index (χ2n) is 11.9. The van der Waals surface area contributed by atoms with Crippen molar-refractivity contribution < 1.29 is 37.7 Å². The predicted octanol–water partition coefficient (Wildman–Crippen LogP) is 2.94. The largest absolute Gasteiger partial charge is 0.490 e. The van der Waals surface area contributed by atoms with Crippen molar-refractivity contribution in [3.8, 4) is 0 Å². The first-order chi connectivity index (χ1) is 22.5. The number of esters is 1. The van der Waals surface area contributed by atoms with Crippen LogP contribution in [-0.2, 0) is 14.3 Å². The number of carbonyl (C=O) groups is 1. The lowest BCUT2D eigenvalue weighted by Crippen LogP contribution is -2.41. The zero-order chi connectivity index (χ0) is 33.3. The molecule has 0 unspecified atom stereocenters. The van der Waals surface area contributed by atoms with Crippen LogP contribution >= 0.6 is 0 Å². The molecule has 12 nitrogen and oxygen atoms in total. The summed E-state index contributed by atoms with van der Waals surface area (Å²) in [5, 5.41) is 24.4. The number of nitrogens with zero attached hydrogens (tertiary/aromatic N) is 6. The zero-order valence-corrected chi connectivity index (χ0v) is 25.8. The van der Waals surface area contributed by atoms with E-state index in [1.807, 2.05) is 55.4 Å². The van der Waals surface area contributed by atoms with Crippen LogP contribution in [0.2, 0.25) is 0 Å². The van der Waals surface area contributed by atoms with E-state index in [2.05, 4.69) is 44.2 Å². The quantitative estimate of drug-likeness (QED) is 0.218. The van der Waals surface area contributed by atoms with Crippen molar-refractivity contribution in [2.75, 3.05) is 50.6 Å². The highest BCUT2D eigenvalue weighted by Crippen LogP contribution is 2.36. The van der Waals surface area contributed by atoms with Crippen LogP contribution in [0.25, 0.3) is 11.2 Å². The van der Waals surface area contributed by atoms with Gasteiger partial charge in [-0.3, -0.25) is 4.57 Å². The number of aliphatic hydroxyl groups excluding tert-OH is 2. The van der Waals surface area contributed by atoms with E-state index < -0.39 is 43.3 Å². The van der Waals surface area contributed by atoms with Crippen molar-refractivity contribution >= 4 is 28.9 Å². The summed E-state index contributed by atoms with van der Waals surface area (Å²) in [4.78, 5) is 30.0. The number of nitrogens with one attached hydrogen (secondary N) is 1. The molecule has 0 amide bonds. The maximum Gasteiger partial charge on any atom is 0.490 e. The van der Waals surface area contributed by atoms with Crippen molar-refractivity contribution in [1.82, 2.24) is 24.4 Å². The van der Waals surface area contributed by atoms with E-state index in [9.17, 15) is 28.2 Å². The van der Waals surface area contributed by atoms with Gasteiger partial charge in [0, 0.05) is 31.6 Å². The number of carbonyl (C=O) groups excluding carboxylic acids is 1. The SMILES string of the molecule is CN(C)[C@@H]1CCN(c2nc(NCC(c3ccccc3)c3ccccc3)c3ncn([C@@H]4O[C@H](CO)[C@@H](OC(=O)C(F)(F)F)[C@H]4O)c3n2)C1. The Balaban J connectivity index is 1.37. The van der Waals surface area contributed by atoms with Crippen LogP contribution < -0.4 is 10.2 Å². The number of ether oxygens (including phenoxy) is 2. The normalized spacial score (nSPS) is 23.3. The van der Waals surface area contributed by atoms with Crippen LogP contribution in [0.3, 0.4) is 0 Å². The van der Waals surface area contributed by atoms with Gasteiger partial charge in [-0.2, -0.15) is 23.1 Å². The van der Waals surface area contributed by atoms with Crippen molar-refractivity contribution in [2.45, 2.75) is 49.1 Å². The average molecular weight is 656 g/mol. The van der Waals surface area contributed by atoms with Crippen LogP contribution in [0, 0.1) is 0 Å². The molecule has 0 spiro atoms. The fraction of sp³-hybridized carbons (Fsp3) is 0.438. The van der Waals surface area contributed by atoms with Gasteiger partial charge < -0.3 is 34.8 Å². The number of fused-ring (bicyclic) bond motifs is 1. The molecule has 5 atom stereocenters. The Hall–Kier alpha value is -4.31. The molecule has 250 valence electrons. The predicted molar refractivity (Wildman–Crippen MR) is 166 cm³/mol. The molecule has 2 aliphatic heterocycles. The van der Waals surface area contributed by atoms with Crippen LogP contribution in [0.15, 0.2) is 67.0 Å². The van der Waals surface area contributed by atoms with E-state index in [-0.39, 0.29) is 17.6 Å². The van der Waals surface area contributed by atoms with E-state index in [1.54, 1.807) is 0 Å². The highest BCUT2D eigenvalue weighted by molar-refractivity contribution is 5.84. The number of imidazole rings is 1. The molecule has 3 N–H and O–H groups in total. The number of aliphatic hydroxyl groups is 2. The molecule has 2 aromatic heterocycles. The smallest absolute Gasteiger partial charge is 0.450 e. The van der Waals surface area contributed by atoms with Crippen molar-refractivity contribution in [2.24, 2.45) is 0 Å². The zero-order valence-electron chi connectivity index (χ0n) is 25.8. The minimum Gasteiger partial charge on any atom is -0.450 e. The van der Waals surface area contributed by atoms with E-state index in [1.165, 1.54) is 10.9 Å². The molecule has 2 aliphatic rings. The summed E-state index contributed by atoms with van der Waals surface area (Å²) >= 11 is 0. The molecule has 15 heteroatoms. The molecule has 47 heavy (non-hydrogen) atoms. The molecule has 2 aromatic carbocycles. The molecule has 0 bridgehead atoms. The minimum absolute atomic E-state index is 0.0489. The first-order valence-corrected chi connectivity index (χ1v) is 15.3. The summed E-state index contributed by atoms with van der Waals surface area (Å²) < 4.78 is 50.6. The molecule has 4 aromatic rings. The van der Waals surface area contributed by atoms with Crippen molar-refractivity contribution in [3.63, 3.8) is 0 Å². The van der Waals surface area contributed by atoms with E-state index in [4.69, 9.17) is 14.7 Å². The Bertz CT molecular complexity index is 1630. The van der Waals surface area contributed by atoms with Gasteiger partial charge in [-0.05, 0) is 31.6 Å². The molecule has 4 heterocycles. The number of rotatable bonds is 10. The lowest BCUT2D eigenvalue weighted by atomic mass is 9.91. The number of anilines is 2. The van der Waals surface area contributed by atoms with Gasteiger partial charge in [-0.1, -0.05) is 60.7 Å². The lowest BCUT2D eigenvalue weighted by Gasteiger charge is -2.23. The number of benzene rings is 2. The Kier molecular flexibility index (Phi) is 9.32. The molecule has 0 radical (unpaired) electrons. The van der Waals surface area contributed by atoms with Crippen LogP contribution in [0.4, 0.5) is 24.9 Å². The second-order valence-corrected chi connectivity index (χ2v) is 11.9. The van der Waals surface area contributed by atoms with E-state index in [0.717, 1.165) is 17.5 Å². The highest BCUT2D eigenvalue weighted by Gasteiger charge is 2.51.